The van der Waals surface area contributed by atoms with Crippen molar-refractivity contribution in [2.75, 3.05) is 7.11 Å². The maximum absolute atomic E-state index is 10.0. The summed E-state index contributed by atoms with van der Waals surface area (Å²) in [6.07, 6.45) is 0. The average Bonchev–Trinajstić information content (AvgIpc) is 2.93. The largest absolute Gasteiger partial charge is 0.497 e. The lowest BCUT2D eigenvalue weighted by atomic mass is 10.2. The Morgan fingerprint density at radius 3 is 2.79 bits per heavy atom. The van der Waals surface area contributed by atoms with Gasteiger partial charge in [-0.25, -0.2) is 0 Å². The second kappa shape index (κ2) is 7.10. The summed E-state index contributed by atoms with van der Waals surface area (Å²) in [5, 5.41) is 22.0. The van der Waals surface area contributed by atoms with Gasteiger partial charge in [0.25, 0.3) is 0 Å². The molecule has 1 heterocycles. The van der Waals surface area contributed by atoms with Crippen molar-refractivity contribution in [1.82, 2.24) is 10.3 Å². The van der Waals surface area contributed by atoms with E-state index in [1.54, 1.807) is 25.3 Å². The van der Waals surface area contributed by atoms with E-state index in [0.29, 0.717) is 23.4 Å². The molecule has 7 heteroatoms. The van der Waals surface area contributed by atoms with Crippen LogP contribution in [0.25, 0.3) is 10.9 Å². The van der Waals surface area contributed by atoms with Crippen molar-refractivity contribution in [3.05, 3.63) is 54.1 Å². The van der Waals surface area contributed by atoms with Crippen LogP contribution < -0.4 is 10.1 Å². The quantitative estimate of drug-likeness (QED) is 0.494. The summed E-state index contributed by atoms with van der Waals surface area (Å²) in [5.74, 6) is 0.607. The Morgan fingerprint density at radius 2 is 2.04 bits per heavy atom. The zero-order chi connectivity index (χ0) is 16.9. The van der Waals surface area contributed by atoms with Crippen LogP contribution in [0.4, 0.5) is 5.69 Å². The highest BCUT2D eigenvalue weighted by molar-refractivity contribution is 7.80. The van der Waals surface area contributed by atoms with Gasteiger partial charge in [0.2, 0.25) is 11.0 Å². The summed E-state index contributed by atoms with van der Waals surface area (Å²) in [4.78, 5) is 2.84. The fraction of sp³-hybridized carbons (Fsp3) is 0.118. The van der Waals surface area contributed by atoms with E-state index >= 15 is 0 Å². The zero-order valence-corrected chi connectivity index (χ0v) is 13.8. The molecular formula is C17H16N4O2S. The van der Waals surface area contributed by atoms with E-state index in [1.807, 2.05) is 30.3 Å². The first-order valence-electron chi connectivity index (χ1n) is 7.29. The molecule has 3 rings (SSSR count). The predicted molar refractivity (Wildman–Crippen MR) is 96.9 cm³/mol. The molecule has 122 valence electrons. The lowest BCUT2D eigenvalue weighted by molar-refractivity contribution is 0.415. The highest BCUT2D eigenvalue weighted by atomic mass is 32.1. The third-order valence-corrected chi connectivity index (χ3v) is 3.71. The second-order valence-corrected chi connectivity index (χ2v) is 5.46. The molecule has 6 nitrogen and oxygen atoms in total. The van der Waals surface area contributed by atoms with Gasteiger partial charge in [-0.15, -0.1) is 10.2 Å². The zero-order valence-electron chi connectivity index (χ0n) is 13.0. The number of rotatable bonds is 4. The first kappa shape index (κ1) is 15.9. The summed E-state index contributed by atoms with van der Waals surface area (Å²) in [6, 6.07) is 15.2. The van der Waals surface area contributed by atoms with E-state index in [-0.39, 0.29) is 11.0 Å². The molecule has 1 aromatic heterocycles. The van der Waals surface area contributed by atoms with Gasteiger partial charge in [-0.1, -0.05) is 30.3 Å². The van der Waals surface area contributed by atoms with Crippen molar-refractivity contribution >= 4 is 33.9 Å². The number of aromatic amines is 1. The molecular weight excluding hydrogens is 324 g/mol. The maximum Gasteiger partial charge on any atom is 0.218 e. The van der Waals surface area contributed by atoms with E-state index in [9.17, 15) is 5.11 Å². The lowest BCUT2D eigenvalue weighted by Gasteiger charge is -2.02. The normalized spacial score (nSPS) is 11.0. The fourth-order valence-corrected chi connectivity index (χ4v) is 2.39. The Morgan fingerprint density at radius 1 is 1.25 bits per heavy atom. The van der Waals surface area contributed by atoms with Gasteiger partial charge < -0.3 is 20.1 Å². The molecule has 0 aliphatic rings. The van der Waals surface area contributed by atoms with Crippen LogP contribution in [0, 0.1) is 0 Å². The van der Waals surface area contributed by atoms with Gasteiger partial charge in [-0.05, 0) is 36.0 Å². The first-order chi connectivity index (χ1) is 11.7. The summed E-state index contributed by atoms with van der Waals surface area (Å²) in [7, 11) is 1.58. The van der Waals surface area contributed by atoms with Crippen LogP contribution in [0.1, 0.15) is 5.56 Å². The molecule has 0 fully saturated rings. The topological polar surface area (TPSA) is 82.0 Å². The molecule has 0 unspecified atom stereocenters. The van der Waals surface area contributed by atoms with Crippen LogP contribution in [-0.2, 0) is 6.54 Å². The highest BCUT2D eigenvalue weighted by Gasteiger charge is 2.11. The highest BCUT2D eigenvalue weighted by Crippen LogP contribution is 2.37. The molecule has 2 aromatic carbocycles. The van der Waals surface area contributed by atoms with Gasteiger partial charge >= 0.3 is 0 Å². The number of azo groups is 1. The van der Waals surface area contributed by atoms with Gasteiger partial charge in [-0.2, -0.15) is 0 Å². The third kappa shape index (κ3) is 3.52. The van der Waals surface area contributed by atoms with Gasteiger partial charge in [0, 0.05) is 11.9 Å². The fourth-order valence-electron chi connectivity index (χ4n) is 2.28. The standard InChI is InChI=1S/C17H16N4O2S/c1-23-12-7-8-14-13(9-12)15(16(22)19-14)20-21-17(24)18-10-11-5-3-2-4-6-11/h2-9,19,22H,10H2,1H3,(H,18,24). The molecule has 0 saturated carbocycles. The van der Waals surface area contributed by atoms with Crippen LogP contribution in [0.5, 0.6) is 11.6 Å². The monoisotopic (exact) mass is 340 g/mol. The third-order valence-electron chi connectivity index (χ3n) is 3.49. The first-order valence-corrected chi connectivity index (χ1v) is 7.70. The van der Waals surface area contributed by atoms with Crippen LogP contribution in [0.2, 0.25) is 0 Å². The summed E-state index contributed by atoms with van der Waals surface area (Å²) in [6.45, 7) is 0.562. The Balaban J connectivity index is 1.75. The molecule has 0 bridgehead atoms. The number of hydrogen-bond acceptors (Lipinski definition) is 4. The van der Waals surface area contributed by atoms with E-state index in [1.165, 1.54) is 0 Å². The minimum atomic E-state index is -0.0622. The van der Waals surface area contributed by atoms with Crippen molar-refractivity contribution in [3.8, 4) is 11.6 Å². The number of thiocarbonyl (C=S) groups is 1. The number of aromatic nitrogens is 1. The molecule has 0 amide bonds. The number of aromatic hydroxyl groups is 1. The number of nitrogens with one attached hydrogen (secondary N) is 2. The SMILES string of the molecule is COc1ccc2[nH]c(O)c(N=NC(=S)NCc3ccccc3)c2c1. The van der Waals surface area contributed by atoms with Crippen LogP contribution in [0.3, 0.4) is 0 Å². The number of fused-ring (bicyclic) bond motifs is 1. The van der Waals surface area contributed by atoms with Gasteiger partial charge in [0.15, 0.2) is 5.69 Å². The van der Waals surface area contributed by atoms with Crippen LogP contribution >= 0.6 is 12.2 Å². The van der Waals surface area contributed by atoms with Crippen LogP contribution in [0.15, 0.2) is 58.8 Å². The smallest absolute Gasteiger partial charge is 0.218 e. The number of methoxy groups -OCH3 is 1. The lowest BCUT2D eigenvalue weighted by Crippen LogP contribution is -2.18. The minimum absolute atomic E-state index is 0.0622. The molecule has 0 radical (unpaired) electrons. The van der Waals surface area contributed by atoms with Crippen molar-refractivity contribution in [2.45, 2.75) is 6.54 Å². The van der Waals surface area contributed by atoms with E-state index in [2.05, 4.69) is 20.5 Å². The molecule has 24 heavy (non-hydrogen) atoms. The average molecular weight is 340 g/mol. The van der Waals surface area contributed by atoms with E-state index in [4.69, 9.17) is 17.0 Å². The molecule has 3 aromatic rings. The summed E-state index contributed by atoms with van der Waals surface area (Å²) in [5.41, 5.74) is 2.16. The van der Waals surface area contributed by atoms with Crippen molar-refractivity contribution in [3.63, 3.8) is 0 Å². The molecule has 0 spiro atoms. The Hall–Kier alpha value is -2.93. The molecule has 0 saturated heterocycles. The van der Waals surface area contributed by atoms with Crippen molar-refractivity contribution < 1.29 is 9.84 Å². The number of ether oxygens (including phenoxy) is 1. The molecule has 3 N–H and O–H groups in total. The Labute approximate surface area is 144 Å². The number of benzene rings is 2. The van der Waals surface area contributed by atoms with Gasteiger partial charge in [0.1, 0.15) is 5.75 Å². The van der Waals surface area contributed by atoms with Crippen LogP contribution in [-0.4, -0.2) is 22.3 Å². The van der Waals surface area contributed by atoms with Crippen molar-refractivity contribution in [1.29, 1.82) is 0 Å². The molecule has 0 atom stereocenters. The number of hydrogen-bond donors (Lipinski definition) is 3. The Bertz CT molecular complexity index is 890. The number of nitrogens with zero attached hydrogens (tertiary/aromatic N) is 2. The van der Waals surface area contributed by atoms with E-state index < -0.39 is 0 Å². The Kier molecular flexibility index (Phi) is 4.72. The van der Waals surface area contributed by atoms with Gasteiger partial charge in [-0.3, -0.25) is 0 Å². The van der Waals surface area contributed by atoms with Gasteiger partial charge in [0.05, 0.1) is 12.6 Å². The second-order valence-electron chi connectivity index (χ2n) is 5.08. The predicted octanol–water partition coefficient (Wildman–Crippen LogP) is 4.04. The van der Waals surface area contributed by atoms with Crippen molar-refractivity contribution in [2.24, 2.45) is 10.2 Å². The number of H-pyrrole nitrogens is 1. The molecule has 0 aliphatic carbocycles. The minimum Gasteiger partial charge on any atom is -0.497 e. The summed E-state index contributed by atoms with van der Waals surface area (Å²) >= 11 is 5.15. The maximum atomic E-state index is 10.0. The van der Waals surface area contributed by atoms with E-state index in [0.717, 1.165) is 11.1 Å². The molecule has 0 aliphatic heterocycles. The summed E-state index contributed by atoms with van der Waals surface area (Å²) < 4.78 is 5.19.